The zero-order chi connectivity index (χ0) is 13.4. The lowest BCUT2D eigenvalue weighted by Gasteiger charge is -2.19. The van der Waals surface area contributed by atoms with Crippen molar-refractivity contribution in [2.24, 2.45) is 11.7 Å². The standard InChI is InChI=1S/C10H19N3O4/c1-6(2)9(10(16)17-3)13-8(15)5-12-7(14)4-11/h6,9H,4-5,11H2,1-3H3,(H,12,14)(H,13,15). The zero-order valence-corrected chi connectivity index (χ0v) is 10.3. The smallest absolute Gasteiger partial charge is 0.328 e. The maximum atomic E-state index is 11.4. The van der Waals surface area contributed by atoms with Crippen molar-refractivity contribution in [2.75, 3.05) is 20.2 Å². The molecule has 0 aliphatic rings. The highest BCUT2D eigenvalue weighted by atomic mass is 16.5. The number of amides is 2. The number of nitrogens with one attached hydrogen (secondary N) is 2. The number of hydrogen-bond donors (Lipinski definition) is 3. The van der Waals surface area contributed by atoms with Gasteiger partial charge in [-0.1, -0.05) is 13.8 Å². The quantitative estimate of drug-likeness (QED) is 0.487. The third-order valence-corrected chi connectivity index (χ3v) is 2.07. The fraction of sp³-hybridized carbons (Fsp3) is 0.700. The van der Waals surface area contributed by atoms with E-state index in [0.717, 1.165) is 0 Å². The number of carbonyl (C=O) groups is 3. The van der Waals surface area contributed by atoms with Crippen LogP contribution in [0, 0.1) is 5.92 Å². The number of esters is 1. The van der Waals surface area contributed by atoms with E-state index >= 15 is 0 Å². The van der Waals surface area contributed by atoms with Crippen LogP contribution in [0.3, 0.4) is 0 Å². The van der Waals surface area contributed by atoms with Gasteiger partial charge in [-0.05, 0) is 5.92 Å². The first-order chi connectivity index (χ1) is 7.92. The Bertz CT molecular complexity index is 291. The first-order valence-electron chi connectivity index (χ1n) is 5.26. The molecule has 1 unspecified atom stereocenters. The Balaban J connectivity index is 4.22. The van der Waals surface area contributed by atoms with Crippen molar-refractivity contribution in [3.05, 3.63) is 0 Å². The number of nitrogens with two attached hydrogens (primary N) is 1. The Morgan fingerprint density at radius 3 is 2.24 bits per heavy atom. The molecule has 0 aromatic rings. The molecule has 0 spiro atoms. The maximum absolute atomic E-state index is 11.4. The largest absolute Gasteiger partial charge is 0.467 e. The summed E-state index contributed by atoms with van der Waals surface area (Å²) in [7, 11) is 1.25. The van der Waals surface area contributed by atoms with Gasteiger partial charge in [-0.3, -0.25) is 9.59 Å². The van der Waals surface area contributed by atoms with E-state index in [2.05, 4.69) is 15.4 Å². The number of ether oxygens (including phenoxy) is 1. The molecule has 4 N–H and O–H groups in total. The van der Waals surface area contributed by atoms with Gasteiger partial charge in [0.2, 0.25) is 11.8 Å². The van der Waals surface area contributed by atoms with Crippen LogP contribution < -0.4 is 16.4 Å². The van der Waals surface area contributed by atoms with Gasteiger partial charge < -0.3 is 21.1 Å². The minimum absolute atomic E-state index is 0.100. The molecular weight excluding hydrogens is 226 g/mol. The van der Waals surface area contributed by atoms with E-state index in [-0.39, 0.29) is 19.0 Å². The third-order valence-electron chi connectivity index (χ3n) is 2.07. The lowest BCUT2D eigenvalue weighted by atomic mass is 10.0. The summed E-state index contributed by atoms with van der Waals surface area (Å²) in [5.74, 6) is -1.51. The Labute approximate surface area is 100 Å². The van der Waals surface area contributed by atoms with Crippen LogP contribution in [-0.4, -0.2) is 44.0 Å². The number of carbonyl (C=O) groups excluding carboxylic acids is 3. The molecule has 0 heterocycles. The average Bonchev–Trinajstić information content (AvgIpc) is 2.31. The van der Waals surface area contributed by atoms with Crippen molar-refractivity contribution in [2.45, 2.75) is 19.9 Å². The van der Waals surface area contributed by atoms with Crippen LogP contribution in [0.1, 0.15) is 13.8 Å². The van der Waals surface area contributed by atoms with Crippen LogP contribution in [0.4, 0.5) is 0 Å². The second-order valence-electron chi connectivity index (χ2n) is 3.79. The van der Waals surface area contributed by atoms with Gasteiger partial charge in [0.05, 0.1) is 20.2 Å². The van der Waals surface area contributed by atoms with Crippen molar-refractivity contribution in [1.29, 1.82) is 0 Å². The highest BCUT2D eigenvalue weighted by molar-refractivity contribution is 5.88. The predicted molar refractivity (Wildman–Crippen MR) is 60.8 cm³/mol. The Hall–Kier alpha value is -1.63. The summed E-state index contributed by atoms with van der Waals surface area (Å²) in [6.45, 7) is 3.16. The van der Waals surface area contributed by atoms with Gasteiger partial charge >= 0.3 is 5.97 Å². The lowest BCUT2D eigenvalue weighted by molar-refractivity contribution is -0.146. The number of rotatable bonds is 6. The van der Waals surface area contributed by atoms with Gasteiger partial charge in [0.15, 0.2) is 0 Å². The summed E-state index contributed by atoms with van der Waals surface area (Å²) in [5, 5.41) is 4.78. The molecule has 0 saturated heterocycles. The zero-order valence-electron chi connectivity index (χ0n) is 10.3. The summed E-state index contributed by atoms with van der Waals surface area (Å²) >= 11 is 0. The van der Waals surface area contributed by atoms with E-state index in [1.807, 2.05) is 0 Å². The minimum Gasteiger partial charge on any atom is -0.467 e. The van der Waals surface area contributed by atoms with Crippen molar-refractivity contribution < 1.29 is 19.1 Å². The molecule has 0 bridgehead atoms. The average molecular weight is 245 g/mol. The SMILES string of the molecule is COC(=O)C(NC(=O)CNC(=O)CN)C(C)C. The molecule has 0 rings (SSSR count). The number of hydrogen-bond acceptors (Lipinski definition) is 5. The predicted octanol–water partition coefficient (Wildman–Crippen LogP) is -1.62. The molecule has 17 heavy (non-hydrogen) atoms. The van der Waals surface area contributed by atoms with Crippen molar-refractivity contribution in [3.8, 4) is 0 Å². The van der Waals surface area contributed by atoms with Gasteiger partial charge in [0.25, 0.3) is 0 Å². The second kappa shape index (κ2) is 7.61. The van der Waals surface area contributed by atoms with E-state index in [4.69, 9.17) is 5.73 Å². The molecule has 0 saturated carbocycles. The molecule has 0 fully saturated rings. The molecule has 2 amide bonds. The topological polar surface area (TPSA) is 111 Å². The van der Waals surface area contributed by atoms with E-state index in [1.165, 1.54) is 7.11 Å². The molecule has 7 nitrogen and oxygen atoms in total. The highest BCUT2D eigenvalue weighted by Crippen LogP contribution is 2.02. The normalized spacial score (nSPS) is 11.8. The fourth-order valence-electron chi connectivity index (χ4n) is 1.10. The monoisotopic (exact) mass is 245 g/mol. The van der Waals surface area contributed by atoms with E-state index in [0.29, 0.717) is 0 Å². The van der Waals surface area contributed by atoms with Gasteiger partial charge in [0.1, 0.15) is 6.04 Å². The molecule has 1 atom stereocenters. The molecule has 0 radical (unpaired) electrons. The molecule has 0 aromatic heterocycles. The molecule has 0 aliphatic carbocycles. The van der Waals surface area contributed by atoms with Crippen LogP contribution in [0.5, 0.6) is 0 Å². The van der Waals surface area contributed by atoms with Crippen LogP contribution >= 0.6 is 0 Å². The Morgan fingerprint density at radius 1 is 1.24 bits per heavy atom. The highest BCUT2D eigenvalue weighted by Gasteiger charge is 2.24. The van der Waals surface area contributed by atoms with E-state index in [9.17, 15) is 14.4 Å². The molecule has 0 aromatic carbocycles. The number of methoxy groups -OCH3 is 1. The van der Waals surface area contributed by atoms with Gasteiger partial charge in [-0.15, -0.1) is 0 Å². The Morgan fingerprint density at radius 2 is 1.82 bits per heavy atom. The molecule has 0 aliphatic heterocycles. The maximum Gasteiger partial charge on any atom is 0.328 e. The van der Waals surface area contributed by atoms with Crippen molar-refractivity contribution in [3.63, 3.8) is 0 Å². The summed E-state index contributed by atoms with van der Waals surface area (Å²) in [6, 6.07) is -0.720. The summed E-state index contributed by atoms with van der Waals surface area (Å²) < 4.78 is 4.56. The first kappa shape index (κ1) is 15.4. The Kier molecular flexibility index (Phi) is 6.88. The second-order valence-corrected chi connectivity index (χ2v) is 3.79. The summed E-state index contributed by atoms with van der Waals surface area (Å²) in [6.07, 6.45) is 0. The van der Waals surface area contributed by atoms with Gasteiger partial charge in [-0.25, -0.2) is 4.79 Å². The lowest BCUT2D eigenvalue weighted by Crippen LogP contribution is -2.49. The summed E-state index contributed by atoms with van der Waals surface area (Å²) in [5.41, 5.74) is 5.06. The van der Waals surface area contributed by atoms with E-state index < -0.39 is 23.8 Å². The molecular formula is C10H19N3O4. The van der Waals surface area contributed by atoms with Gasteiger partial charge in [0, 0.05) is 0 Å². The van der Waals surface area contributed by atoms with Crippen LogP contribution in [0.2, 0.25) is 0 Å². The fourth-order valence-corrected chi connectivity index (χ4v) is 1.10. The summed E-state index contributed by atoms with van der Waals surface area (Å²) in [4.78, 5) is 33.6. The van der Waals surface area contributed by atoms with Crippen LogP contribution in [0.15, 0.2) is 0 Å². The van der Waals surface area contributed by atoms with Crippen LogP contribution in [-0.2, 0) is 19.1 Å². The van der Waals surface area contributed by atoms with E-state index in [1.54, 1.807) is 13.8 Å². The minimum atomic E-state index is -0.720. The van der Waals surface area contributed by atoms with Crippen molar-refractivity contribution in [1.82, 2.24) is 10.6 Å². The van der Waals surface area contributed by atoms with Gasteiger partial charge in [-0.2, -0.15) is 0 Å². The molecule has 98 valence electrons. The third kappa shape index (κ3) is 5.86. The van der Waals surface area contributed by atoms with Crippen LogP contribution in [0.25, 0.3) is 0 Å². The van der Waals surface area contributed by atoms with Crippen molar-refractivity contribution >= 4 is 17.8 Å². The molecule has 7 heteroatoms. The first-order valence-corrected chi connectivity index (χ1v) is 5.26.